The van der Waals surface area contributed by atoms with Gasteiger partial charge in [-0.1, -0.05) is 41.9 Å². The minimum absolute atomic E-state index is 0.0211. The number of nitrogens with zero attached hydrogens (tertiary/aromatic N) is 5. The number of benzene rings is 2. The van der Waals surface area contributed by atoms with Crippen molar-refractivity contribution >= 4 is 27.6 Å². The van der Waals surface area contributed by atoms with Crippen molar-refractivity contribution in [3.05, 3.63) is 108 Å². The molecule has 0 radical (unpaired) electrons. The number of carbonyl (C=O) groups is 1. The van der Waals surface area contributed by atoms with Crippen LogP contribution >= 0.6 is 11.6 Å². The van der Waals surface area contributed by atoms with Crippen LogP contribution in [0.1, 0.15) is 23.6 Å². The molecule has 1 fully saturated rings. The lowest BCUT2D eigenvalue weighted by Crippen LogP contribution is -2.28. The first-order valence-corrected chi connectivity index (χ1v) is 15.4. The molecule has 1 atom stereocenters. The number of imidazole rings is 1. The summed E-state index contributed by atoms with van der Waals surface area (Å²) < 4.78 is 61.2. The molecule has 1 saturated heterocycles. The number of nitrogens with one attached hydrogen (secondary N) is 1. The van der Waals surface area contributed by atoms with Crippen molar-refractivity contribution in [3.8, 4) is 22.6 Å². The van der Waals surface area contributed by atoms with Crippen LogP contribution in [0.25, 0.3) is 22.6 Å². The highest BCUT2D eigenvalue weighted by molar-refractivity contribution is 7.89. The number of hydrogen-bond acceptors (Lipinski definition) is 6. The fourth-order valence-corrected chi connectivity index (χ4v) is 6.37. The predicted octanol–water partition coefficient (Wildman–Crippen LogP) is 5.85. The molecule has 234 valence electrons. The second-order valence-corrected chi connectivity index (χ2v) is 12.5. The fourth-order valence-electron chi connectivity index (χ4n) is 4.72. The van der Waals surface area contributed by atoms with Crippen molar-refractivity contribution in [1.82, 2.24) is 29.0 Å². The number of aromatic amines is 1. The number of halogens is 4. The van der Waals surface area contributed by atoms with Crippen LogP contribution in [0.15, 0.2) is 96.4 Å². The summed E-state index contributed by atoms with van der Waals surface area (Å²) in [6.07, 6.45) is 3.09. The average molecular weight is 659 g/mol. The topological polar surface area (TPSA) is 134 Å². The monoisotopic (exact) mass is 658 g/mol. The standard InChI is InChI=1S/C28H25ClN6O2S.C2HF3O2/c29-24-8-6-20(7-9-24)17-34-18-23(15-32-34)21-10-12-30-26(14-21)28-31-16-27(33-28)22-11-13-35(19-22)38(36,37)25-4-2-1-3-5-25;3-2(4,5)1(6)7/h1-10,12,14-16,18,22H,11,13,17,19H2,(H,31,33);(H,6,7). The third kappa shape index (κ3) is 7.77. The van der Waals surface area contributed by atoms with Crippen molar-refractivity contribution in [2.24, 2.45) is 0 Å². The van der Waals surface area contributed by atoms with Gasteiger partial charge in [0.1, 0.15) is 5.69 Å². The molecule has 2 N–H and O–H groups in total. The molecule has 10 nitrogen and oxygen atoms in total. The highest BCUT2D eigenvalue weighted by Gasteiger charge is 2.38. The highest BCUT2D eigenvalue weighted by Crippen LogP contribution is 2.31. The molecule has 2 aromatic carbocycles. The van der Waals surface area contributed by atoms with E-state index in [4.69, 9.17) is 26.5 Å². The SMILES string of the molecule is O=C(O)C(F)(F)F.O=S(=O)(c1ccccc1)N1CCC(c2c[nH]c(-c3cc(-c4cnn(Cc5ccc(Cl)cc5)c4)ccn3)n2)C1. The van der Waals surface area contributed by atoms with Crippen LogP contribution in [0.3, 0.4) is 0 Å². The highest BCUT2D eigenvalue weighted by atomic mass is 35.5. The van der Waals surface area contributed by atoms with Crippen LogP contribution < -0.4 is 0 Å². The molecule has 4 heterocycles. The summed E-state index contributed by atoms with van der Waals surface area (Å²) in [5, 5.41) is 12.3. The Bertz CT molecular complexity index is 1880. The molecule has 15 heteroatoms. The number of hydrogen-bond donors (Lipinski definition) is 2. The van der Waals surface area contributed by atoms with Gasteiger partial charge in [-0.05, 0) is 53.9 Å². The van der Waals surface area contributed by atoms with Crippen LogP contribution in [-0.2, 0) is 21.4 Å². The lowest BCUT2D eigenvalue weighted by molar-refractivity contribution is -0.192. The van der Waals surface area contributed by atoms with Crippen molar-refractivity contribution < 1.29 is 31.5 Å². The number of sulfonamides is 1. The smallest absolute Gasteiger partial charge is 0.475 e. The molecule has 3 aromatic heterocycles. The van der Waals surface area contributed by atoms with Gasteiger partial charge in [0.2, 0.25) is 10.0 Å². The van der Waals surface area contributed by atoms with Crippen molar-refractivity contribution in [1.29, 1.82) is 0 Å². The number of carboxylic acids is 1. The Hall–Kier alpha value is -4.53. The number of carboxylic acid groups (broad SMARTS) is 1. The van der Waals surface area contributed by atoms with Crippen molar-refractivity contribution in [2.45, 2.75) is 30.0 Å². The van der Waals surface area contributed by atoms with Crippen molar-refractivity contribution in [3.63, 3.8) is 0 Å². The maximum absolute atomic E-state index is 13.0. The van der Waals surface area contributed by atoms with Crippen LogP contribution in [0.4, 0.5) is 13.2 Å². The first-order chi connectivity index (χ1) is 21.4. The number of pyridine rings is 1. The summed E-state index contributed by atoms with van der Waals surface area (Å²) in [5.41, 5.74) is 4.63. The Morgan fingerprint density at radius 1 is 1.07 bits per heavy atom. The quantitative estimate of drug-likeness (QED) is 0.224. The number of H-pyrrole nitrogens is 1. The molecule has 6 rings (SSSR count). The first-order valence-electron chi connectivity index (χ1n) is 13.5. The minimum atomic E-state index is -5.08. The molecule has 0 saturated carbocycles. The molecule has 0 aliphatic carbocycles. The number of aliphatic carboxylic acids is 1. The van der Waals surface area contributed by atoms with E-state index < -0.39 is 22.2 Å². The van der Waals surface area contributed by atoms with Gasteiger partial charge in [0.25, 0.3) is 0 Å². The van der Waals surface area contributed by atoms with Gasteiger partial charge in [0.05, 0.1) is 23.3 Å². The van der Waals surface area contributed by atoms with E-state index in [1.54, 1.807) is 34.8 Å². The van der Waals surface area contributed by atoms with Crippen molar-refractivity contribution in [2.75, 3.05) is 13.1 Å². The van der Waals surface area contributed by atoms with E-state index in [1.807, 2.05) is 65.7 Å². The molecule has 5 aromatic rings. The second kappa shape index (κ2) is 13.2. The number of rotatable bonds is 7. The maximum Gasteiger partial charge on any atom is 0.490 e. The molecule has 1 aliphatic rings. The second-order valence-electron chi connectivity index (χ2n) is 10.1. The van der Waals surface area contributed by atoms with Crippen LogP contribution in [0.2, 0.25) is 5.02 Å². The average Bonchev–Trinajstić information content (AvgIpc) is 3.80. The summed E-state index contributed by atoms with van der Waals surface area (Å²) in [5.74, 6) is -2.08. The number of aromatic nitrogens is 5. The molecule has 0 bridgehead atoms. The van der Waals surface area contributed by atoms with Gasteiger partial charge in [-0.25, -0.2) is 18.2 Å². The summed E-state index contributed by atoms with van der Waals surface area (Å²) in [7, 11) is -3.51. The molecule has 0 amide bonds. The lowest BCUT2D eigenvalue weighted by Gasteiger charge is -2.16. The molecule has 1 unspecified atom stereocenters. The van der Waals surface area contributed by atoms with E-state index in [-0.39, 0.29) is 5.92 Å². The Kier molecular flexibility index (Phi) is 9.37. The van der Waals surface area contributed by atoms with E-state index in [9.17, 15) is 21.6 Å². The van der Waals surface area contributed by atoms with Crippen LogP contribution in [0, 0.1) is 0 Å². The zero-order chi connectivity index (χ0) is 32.2. The summed E-state index contributed by atoms with van der Waals surface area (Å²) in [4.78, 5) is 21.7. The predicted molar refractivity (Wildman–Crippen MR) is 160 cm³/mol. The summed E-state index contributed by atoms with van der Waals surface area (Å²) in [6.45, 7) is 1.52. The van der Waals surface area contributed by atoms with E-state index in [0.29, 0.717) is 41.1 Å². The summed E-state index contributed by atoms with van der Waals surface area (Å²) in [6, 6.07) is 20.2. The molecule has 0 spiro atoms. The lowest BCUT2D eigenvalue weighted by atomic mass is 10.1. The third-order valence-electron chi connectivity index (χ3n) is 7.02. The van der Waals surface area contributed by atoms with Gasteiger partial charge in [0.15, 0.2) is 5.82 Å². The van der Waals surface area contributed by atoms with Crippen LogP contribution in [-0.4, -0.2) is 67.8 Å². The number of alkyl halides is 3. The van der Waals surface area contributed by atoms with Gasteiger partial charge in [-0.15, -0.1) is 0 Å². The zero-order valence-corrected chi connectivity index (χ0v) is 25.0. The largest absolute Gasteiger partial charge is 0.490 e. The fraction of sp³-hybridized carbons (Fsp3) is 0.200. The molecule has 45 heavy (non-hydrogen) atoms. The minimum Gasteiger partial charge on any atom is -0.475 e. The third-order valence-corrected chi connectivity index (χ3v) is 9.15. The Morgan fingerprint density at radius 2 is 1.78 bits per heavy atom. The maximum atomic E-state index is 13.0. The zero-order valence-electron chi connectivity index (χ0n) is 23.4. The molecular weight excluding hydrogens is 633 g/mol. The normalized spacial score (nSPS) is 15.4. The Morgan fingerprint density at radius 3 is 2.47 bits per heavy atom. The van der Waals surface area contributed by atoms with E-state index in [1.165, 1.54) is 0 Å². The van der Waals surface area contributed by atoms with Gasteiger partial charge < -0.3 is 10.1 Å². The Balaban J connectivity index is 0.000000515. The van der Waals surface area contributed by atoms with Gasteiger partial charge >= 0.3 is 12.1 Å². The van der Waals surface area contributed by atoms with E-state index in [0.717, 1.165) is 28.8 Å². The first kappa shape index (κ1) is 31.9. The molecule has 1 aliphatic heterocycles. The Labute approximate surface area is 261 Å². The van der Waals surface area contributed by atoms with Gasteiger partial charge in [0, 0.05) is 48.2 Å². The summed E-state index contributed by atoms with van der Waals surface area (Å²) >= 11 is 5.99. The van der Waals surface area contributed by atoms with Gasteiger partial charge in [-0.2, -0.15) is 22.6 Å². The van der Waals surface area contributed by atoms with E-state index >= 15 is 0 Å². The van der Waals surface area contributed by atoms with Gasteiger partial charge in [-0.3, -0.25) is 9.67 Å². The van der Waals surface area contributed by atoms with E-state index in [2.05, 4.69) is 15.1 Å². The molecular formula is C30H26ClF3N6O4S. The van der Waals surface area contributed by atoms with Crippen LogP contribution in [0.5, 0.6) is 0 Å².